The number of nitrogens with zero attached hydrogens (tertiary/aromatic N) is 3. The number of halogens is 1. The van der Waals surface area contributed by atoms with E-state index in [4.69, 9.17) is 25.8 Å². The fourth-order valence-electron chi connectivity index (χ4n) is 3.65. The fourth-order valence-corrected chi connectivity index (χ4v) is 4.02. The van der Waals surface area contributed by atoms with Gasteiger partial charge in [-0.3, -0.25) is 4.98 Å². The van der Waals surface area contributed by atoms with Crippen LogP contribution in [0, 0.1) is 6.92 Å². The molecular formula is C21H24ClN5O3. The highest BCUT2D eigenvalue weighted by molar-refractivity contribution is 6.35. The van der Waals surface area contributed by atoms with Crippen molar-refractivity contribution in [1.82, 2.24) is 20.3 Å². The number of anilines is 1. The Labute approximate surface area is 179 Å². The molecule has 2 aromatic heterocycles. The number of hydrogen-bond acceptors (Lipinski definition) is 8. The van der Waals surface area contributed by atoms with Crippen molar-refractivity contribution >= 4 is 28.5 Å². The molecule has 2 unspecified atom stereocenters. The predicted molar refractivity (Wildman–Crippen MR) is 117 cm³/mol. The first-order valence-corrected chi connectivity index (χ1v) is 9.99. The van der Waals surface area contributed by atoms with E-state index < -0.39 is 0 Å². The van der Waals surface area contributed by atoms with E-state index in [9.17, 15) is 0 Å². The molecule has 1 aliphatic rings. The summed E-state index contributed by atoms with van der Waals surface area (Å²) in [7, 11) is 5.11. The lowest BCUT2D eigenvalue weighted by atomic mass is 10.0. The Morgan fingerprint density at radius 2 is 1.83 bits per heavy atom. The summed E-state index contributed by atoms with van der Waals surface area (Å²) in [5, 5.41) is 7.92. The van der Waals surface area contributed by atoms with Gasteiger partial charge in [0, 0.05) is 28.8 Å². The van der Waals surface area contributed by atoms with E-state index in [-0.39, 0.29) is 12.1 Å². The predicted octanol–water partition coefficient (Wildman–Crippen LogP) is 3.07. The summed E-state index contributed by atoms with van der Waals surface area (Å²) in [6.07, 6.45) is 3.50. The van der Waals surface area contributed by atoms with E-state index in [1.165, 1.54) is 0 Å². The van der Waals surface area contributed by atoms with Gasteiger partial charge in [0.05, 0.1) is 61.9 Å². The van der Waals surface area contributed by atoms with E-state index in [0.29, 0.717) is 41.4 Å². The third-order valence-corrected chi connectivity index (χ3v) is 5.75. The lowest BCUT2D eigenvalue weighted by Gasteiger charge is -2.18. The molecule has 1 aromatic carbocycles. The first kappa shape index (κ1) is 20.6. The molecule has 1 saturated heterocycles. The molecule has 0 saturated carbocycles. The minimum Gasteiger partial charge on any atom is -0.496 e. The van der Waals surface area contributed by atoms with Crippen LogP contribution in [0.15, 0.2) is 24.5 Å². The zero-order valence-corrected chi connectivity index (χ0v) is 18.1. The Morgan fingerprint density at radius 3 is 2.57 bits per heavy atom. The van der Waals surface area contributed by atoms with Crippen LogP contribution in [0.25, 0.3) is 22.2 Å². The minimum atomic E-state index is 0.116. The summed E-state index contributed by atoms with van der Waals surface area (Å²) in [5.41, 5.74) is 3.08. The van der Waals surface area contributed by atoms with Crippen molar-refractivity contribution in [3.05, 3.63) is 35.1 Å². The Hall–Kier alpha value is -2.68. The maximum atomic E-state index is 6.60. The van der Waals surface area contributed by atoms with Crippen molar-refractivity contribution in [3.63, 3.8) is 0 Å². The maximum absolute atomic E-state index is 6.60. The van der Waals surface area contributed by atoms with Crippen LogP contribution in [0.4, 0.5) is 5.95 Å². The number of methoxy groups -OCH3 is 2. The van der Waals surface area contributed by atoms with Crippen molar-refractivity contribution < 1.29 is 14.2 Å². The van der Waals surface area contributed by atoms with Crippen LogP contribution in [0.2, 0.25) is 5.02 Å². The second kappa shape index (κ2) is 8.59. The summed E-state index contributed by atoms with van der Waals surface area (Å²) < 4.78 is 16.4. The quantitative estimate of drug-likeness (QED) is 0.617. The van der Waals surface area contributed by atoms with Crippen LogP contribution >= 0.6 is 11.6 Å². The van der Waals surface area contributed by atoms with Crippen molar-refractivity contribution in [2.75, 3.05) is 39.8 Å². The summed E-state index contributed by atoms with van der Waals surface area (Å²) >= 11 is 6.60. The smallest absolute Gasteiger partial charge is 0.223 e. The van der Waals surface area contributed by atoms with Crippen LogP contribution in [0.1, 0.15) is 5.56 Å². The number of rotatable bonds is 6. The fraction of sp³-hybridized carbons (Fsp3) is 0.381. The van der Waals surface area contributed by atoms with E-state index in [2.05, 4.69) is 25.6 Å². The largest absolute Gasteiger partial charge is 0.496 e. The first-order chi connectivity index (χ1) is 14.5. The van der Waals surface area contributed by atoms with Crippen LogP contribution in [0.3, 0.4) is 0 Å². The zero-order chi connectivity index (χ0) is 21.3. The topological polar surface area (TPSA) is 90.4 Å². The summed E-state index contributed by atoms with van der Waals surface area (Å²) in [5.74, 6) is 1.76. The third kappa shape index (κ3) is 3.74. The molecule has 0 aliphatic carbocycles. The number of fused-ring (bicyclic) bond motifs is 1. The molecule has 3 heterocycles. The highest BCUT2D eigenvalue weighted by Gasteiger charge is 2.27. The van der Waals surface area contributed by atoms with Gasteiger partial charge in [-0.1, -0.05) is 11.6 Å². The van der Waals surface area contributed by atoms with Gasteiger partial charge < -0.3 is 24.8 Å². The molecule has 2 atom stereocenters. The molecule has 1 fully saturated rings. The zero-order valence-electron chi connectivity index (χ0n) is 17.3. The van der Waals surface area contributed by atoms with E-state index in [1.807, 2.05) is 20.0 Å². The van der Waals surface area contributed by atoms with Gasteiger partial charge in [-0.15, -0.1) is 0 Å². The third-order valence-electron chi connectivity index (χ3n) is 5.37. The molecule has 0 spiro atoms. The van der Waals surface area contributed by atoms with Gasteiger partial charge in [0.15, 0.2) is 0 Å². The molecule has 3 aromatic rings. The highest BCUT2D eigenvalue weighted by atomic mass is 35.5. The van der Waals surface area contributed by atoms with Gasteiger partial charge in [0.25, 0.3) is 0 Å². The van der Waals surface area contributed by atoms with Crippen molar-refractivity contribution in [2.24, 2.45) is 0 Å². The van der Waals surface area contributed by atoms with Gasteiger partial charge in [-0.05, 0) is 20.0 Å². The monoisotopic (exact) mass is 429 g/mol. The van der Waals surface area contributed by atoms with Crippen molar-refractivity contribution in [2.45, 2.75) is 19.0 Å². The Balaban J connectivity index is 1.70. The van der Waals surface area contributed by atoms with Crippen LogP contribution in [0.5, 0.6) is 11.5 Å². The van der Waals surface area contributed by atoms with E-state index in [0.717, 1.165) is 22.0 Å². The SMILES string of the molecule is CNC1COCC1Nc1ncc2cc(-c3c(C)c(OC)cc(OC)c3Cl)ncc2n1. The van der Waals surface area contributed by atoms with E-state index in [1.54, 1.807) is 32.7 Å². The van der Waals surface area contributed by atoms with Gasteiger partial charge in [0.1, 0.15) is 11.5 Å². The lowest BCUT2D eigenvalue weighted by molar-refractivity contribution is 0.189. The number of likely N-dealkylation sites (N-methyl/N-ethyl adjacent to an activating group) is 1. The molecule has 30 heavy (non-hydrogen) atoms. The lowest BCUT2D eigenvalue weighted by Crippen LogP contribution is -2.41. The van der Waals surface area contributed by atoms with Crippen LogP contribution < -0.4 is 20.1 Å². The van der Waals surface area contributed by atoms with Gasteiger partial charge in [0.2, 0.25) is 5.95 Å². The maximum Gasteiger partial charge on any atom is 0.223 e. The minimum absolute atomic E-state index is 0.116. The van der Waals surface area contributed by atoms with Gasteiger partial charge >= 0.3 is 0 Å². The molecule has 1 aliphatic heterocycles. The van der Waals surface area contributed by atoms with Crippen molar-refractivity contribution in [3.8, 4) is 22.8 Å². The van der Waals surface area contributed by atoms with Crippen LogP contribution in [-0.2, 0) is 4.74 Å². The van der Waals surface area contributed by atoms with Crippen molar-refractivity contribution in [1.29, 1.82) is 0 Å². The average Bonchev–Trinajstić information content (AvgIpc) is 3.21. The molecule has 0 amide bonds. The normalized spacial score (nSPS) is 18.6. The molecule has 0 radical (unpaired) electrons. The summed E-state index contributed by atoms with van der Waals surface area (Å²) in [4.78, 5) is 13.7. The number of benzene rings is 1. The Morgan fingerprint density at radius 1 is 1.07 bits per heavy atom. The molecule has 158 valence electrons. The molecule has 9 heteroatoms. The molecule has 2 N–H and O–H groups in total. The number of aromatic nitrogens is 3. The summed E-state index contributed by atoms with van der Waals surface area (Å²) in [6, 6.07) is 4.03. The number of hydrogen-bond donors (Lipinski definition) is 2. The first-order valence-electron chi connectivity index (χ1n) is 9.61. The Bertz CT molecular complexity index is 1050. The average molecular weight is 430 g/mol. The Kier molecular flexibility index (Phi) is 5.90. The van der Waals surface area contributed by atoms with Gasteiger partial charge in [-0.25, -0.2) is 9.97 Å². The molecule has 0 bridgehead atoms. The second-order valence-corrected chi connectivity index (χ2v) is 7.48. The highest BCUT2D eigenvalue weighted by Crippen LogP contribution is 2.42. The second-order valence-electron chi connectivity index (χ2n) is 7.10. The van der Waals surface area contributed by atoms with E-state index >= 15 is 0 Å². The number of nitrogens with one attached hydrogen (secondary N) is 2. The van der Waals surface area contributed by atoms with Gasteiger partial charge in [-0.2, -0.15) is 0 Å². The van der Waals surface area contributed by atoms with Crippen LogP contribution in [-0.4, -0.2) is 61.5 Å². The number of pyridine rings is 1. The molecule has 4 rings (SSSR count). The number of ether oxygens (including phenoxy) is 3. The molecular weight excluding hydrogens is 406 g/mol. The summed E-state index contributed by atoms with van der Waals surface area (Å²) in [6.45, 7) is 3.22. The molecule has 8 nitrogen and oxygen atoms in total. The standard InChI is InChI=1S/C21H24ClN5O3/c1-11-17(28-3)6-18(29-4)20(22)19(11)13-5-12-7-25-21(26-14(12)8-24-13)27-16-10-30-9-15(16)23-2/h5-8,15-16,23H,9-10H2,1-4H3,(H,25,26,27).